The van der Waals surface area contributed by atoms with Crippen LogP contribution in [0, 0.1) is 6.92 Å². The van der Waals surface area contributed by atoms with Gasteiger partial charge in [-0.2, -0.15) is 5.10 Å². The summed E-state index contributed by atoms with van der Waals surface area (Å²) in [4.78, 5) is 23.5. The van der Waals surface area contributed by atoms with Crippen LogP contribution in [0.1, 0.15) is 60.3 Å². The number of aryl methyl sites for hydroxylation is 2. The number of amides is 1. The lowest BCUT2D eigenvalue weighted by atomic mass is 9.92. The molecule has 1 fully saturated rings. The van der Waals surface area contributed by atoms with Crippen LogP contribution >= 0.6 is 0 Å². The second-order valence-corrected chi connectivity index (χ2v) is 9.34. The molecule has 7 heteroatoms. The minimum Gasteiger partial charge on any atom is -0.368 e. The fourth-order valence-electron chi connectivity index (χ4n) is 4.34. The predicted octanol–water partition coefficient (Wildman–Crippen LogP) is 4.06. The molecule has 1 saturated heterocycles. The Balaban J connectivity index is 1.51. The molecule has 0 unspecified atom stereocenters. The van der Waals surface area contributed by atoms with Crippen molar-refractivity contribution in [1.29, 1.82) is 0 Å². The number of hydrogen-bond donors (Lipinski definition) is 1. The summed E-state index contributed by atoms with van der Waals surface area (Å²) in [6, 6.07) is 7.91. The van der Waals surface area contributed by atoms with Crippen LogP contribution < -0.4 is 10.2 Å². The SMILES string of the molecule is Cc1ccc(C(=O)Nc2cc(C(C)(C)C)n(C)n2)cc1[C@@H]1CCN(c2cncnc2)C1. The maximum Gasteiger partial charge on any atom is 0.256 e. The van der Waals surface area contributed by atoms with Gasteiger partial charge >= 0.3 is 0 Å². The van der Waals surface area contributed by atoms with Crippen molar-refractivity contribution in [3.63, 3.8) is 0 Å². The largest absolute Gasteiger partial charge is 0.368 e. The molecule has 0 saturated carbocycles. The van der Waals surface area contributed by atoms with Crippen molar-refractivity contribution in [2.24, 2.45) is 7.05 Å². The number of carbonyl (C=O) groups excluding carboxylic acids is 1. The van der Waals surface area contributed by atoms with E-state index in [9.17, 15) is 4.79 Å². The molecule has 1 N–H and O–H groups in total. The summed E-state index contributed by atoms with van der Waals surface area (Å²) in [5.74, 6) is 0.817. The highest BCUT2D eigenvalue weighted by atomic mass is 16.1. The molecule has 7 nitrogen and oxygen atoms in total. The zero-order valence-corrected chi connectivity index (χ0v) is 18.9. The maximum absolute atomic E-state index is 13.0. The molecule has 1 amide bonds. The van der Waals surface area contributed by atoms with Crippen LogP contribution in [0.4, 0.5) is 11.5 Å². The van der Waals surface area contributed by atoms with Crippen LogP contribution in [0.25, 0.3) is 0 Å². The van der Waals surface area contributed by atoms with E-state index >= 15 is 0 Å². The minimum absolute atomic E-state index is 0.0418. The number of nitrogens with zero attached hydrogens (tertiary/aromatic N) is 5. The third kappa shape index (κ3) is 4.45. The van der Waals surface area contributed by atoms with Gasteiger partial charge in [-0.3, -0.25) is 9.48 Å². The lowest BCUT2D eigenvalue weighted by Gasteiger charge is -2.19. The van der Waals surface area contributed by atoms with E-state index in [0.717, 1.165) is 30.9 Å². The van der Waals surface area contributed by atoms with Crippen molar-refractivity contribution < 1.29 is 4.79 Å². The Morgan fingerprint density at radius 2 is 1.90 bits per heavy atom. The second kappa shape index (κ2) is 8.13. The Morgan fingerprint density at radius 3 is 2.58 bits per heavy atom. The summed E-state index contributed by atoms with van der Waals surface area (Å²) in [6.45, 7) is 10.4. The van der Waals surface area contributed by atoms with Crippen LogP contribution in [0.15, 0.2) is 43.0 Å². The molecule has 3 aromatic rings. The van der Waals surface area contributed by atoms with Crippen molar-refractivity contribution in [3.05, 3.63) is 65.4 Å². The summed E-state index contributed by atoms with van der Waals surface area (Å²) in [5, 5.41) is 7.44. The molecule has 0 radical (unpaired) electrons. The van der Waals surface area contributed by atoms with Crippen molar-refractivity contribution in [3.8, 4) is 0 Å². The van der Waals surface area contributed by atoms with E-state index in [4.69, 9.17) is 0 Å². The molecule has 1 aromatic carbocycles. The van der Waals surface area contributed by atoms with Gasteiger partial charge < -0.3 is 10.2 Å². The first-order valence-corrected chi connectivity index (χ1v) is 10.7. The van der Waals surface area contributed by atoms with Gasteiger partial charge in [-0.1, -0.05) is 26.8 Å². The maximum atomic E-state index is 13.0. The summed E-state index contributed by atoms with van der Waals surface area (Å²) < 4.78 is 1.83. The molecular weight excluding hydrogens is 388 g/mol. The van der Waals surface area contributed by atoms with Gasteiger partial charge in [0.15, 0.2) is 5.82 Å². The third-order valence-electron chi connectivity index (χ3n) is 5.97. The summed E-state index contributed by atoms with van der Waals surface area (Å²) >= 11 is 0. The number of aromatic nitrogens is 4. The molecule has 2 aromatic heterocycles. The van der Waals surface area contributed by atoms with Crippen LogP contribution in [0.3, 0.4) is 0 Å². The highest BCUT2D eigenvalue weighted by molar-refractivity contribution is 6.04. The minimum atomic E-state index is -0.133. The molecule has 31 heavy (non-hydrogen) atoms. The molecule has 1 aliphatic rings. The second-order valence-electron chi connectivity index (χ2n) is 9.34. The molecule has 162 valence electrons. The van der Waals surface area contributed by atoms with Crippen molar-refractivity contribution in [2.45, 2.75) is 45.4 Å². The third-order valence-corrected chi connectivity index (χ3v) is 5.97. The van der Waals surface area contributed by atoms with Crippen molar-refractivity contribution >= 4 is 17.4 Å². The molecule has 0 bridgehead atoms. The van der Waals surface area contributed by atoms with E-state index in [2.05, 4.69) is 53.0 Å². The first-order valence-electron chi connectivity index (χ1n) is 10.7. The molecule has 1 atom stereocenters. The Morgan fingerprint density at radius 1 is 1.16 bits per heavy atom. The van der Waals surface area contributed by atoms with Gasteiger partial charge in [-0.15, -0.1) is 0 Å². The van der Waals surface area contributed by atoms with Gasteiger partial charge in [-0.25, -0.2) is 9.97 Å². The monoisotopic (exact) mass is 418 g/mol. The molecule has 0 spiro atoms. The zero-order valence-electron chi connectivity index (χ0n) is 18.9. The van der Waals surface area contributed by atoms with Gasteiger partial charge in [0.05, 0.1) is 18.1 Å². The highest BCUT2D eigenvalue weighted by Gasteiger charge is 2.26. The Bertz CT molecular complexity index is 1080. The smallest absolute Gasteiger partial charge is 0.256 e. The lowest BCUT2D eigenvalue weighted by molar-refractivity contribution is 0.102. The van der Waals surface area contributed by atoms with E-state index in [-0.39, 0.29) is 11.3 Å². The highest BCUT2D eigenvalue weighted by Crippen LogP contribution is 2.32. The summed E-state index contributed by atoms with van der Waals surface area (Å²) in [7, 11) is 1.91. The number of rotatable bonds is 4. The normalized spacial score (nSPS) is 16.5. The van der Waals surface area contributed by atoms with Crippen molar-refractivity contribution in [2.75, 3.05) is 23.3 Å². The van der Waals surface area contributed by atoms with Gasteiger partial charge in [0.1, 0.15) is 6.33 Å². The molecule has 0 aliphatic carbocycles. The topological polar surface area (TPSA) is 75.9 Å². The zero-order chi connectivity index (χ0) is 22.2. The van der Waals surface area contributed by atoms with Crippen LogP contribution in [-0.4, -0.2) is 38.7 Å². The van der Waals surface area contributed by atoms with E-state index in [1.54, 1.807) is 6.33 Å². The Labute approximate surface area is 183 Å². The number of carbonyl (C=O) groups is 1. The molecular formula is C24H30N6O. The van der Waals surface area contributed by atoms with Gasteiger partial charge in [0.25, 0.3) is 5.91 Å². The van der Waals surface area contributed by atoms with Crippen LogP contribution in [0.2, 0.25) is 0 Å². The first-order chi connectivity index (χ1) is 14.7. The van der Waals surface area contributed by atoms with Crippen LogP contribution in [0.5, 0.6) is 0 Å². The standard InChI is InChI=1S/C24H30N6O/c1-16-6-7-17(23(31)27-22-11-21(24(2,3)4)29(5)28-22)10-20(16)18-8-9-30(14-18)19-12-25-15-26-13-19/h6-7,10-13,15,18H,8-9,14H2,1-5H3,(H,27,28,31)/t18-/m1/s1. The predicted molar refractivity (Wildman–Crippen MR) is 123 cm³/mol. The van der Waals surface area contributed by atoms with E-state index in [1.807, 2.05) is 48.4 Å². The fraction of sp³-hybridized carbons (Fsp3) is 0.417. The fourth-order valence-corrected chi connectivity index (χ4v) is 4.34. The summed E-state index contributed by atoms with van der Waals surface area (Å²) in [6.07, 6.45) is 6.29. The number of nitrogens with one attached hydrogen (secondary N) is 1. The van der Waals surface area contributed by atoms with Crippen molar-refractivity contribution in [1.82, 2.24) is 19.7 Å². The average molecular weight is 419 g/mol. The van der Waals surface area contributed by atoms with Gasteiger partial charge in [0, 0.05) is 48.8 Å². The first kappa shape index (κ1) is 21.0. The Kier molecular flexibility index (Phi) is 5.52. The van der Waals surface area contributed by atoms with E-state index < -0.39 is 0 Å². The molecule has 1 aliphatic heterocycles. The van der Waals surface area contributed by atoms with Gasteiger partial charge in [0.2, 0.25) is 0 Å². The molecule has 3 heterocycles. The lowest BCUT2D eigenvalue weighted by Crippen LogP contribution is -2.20. The molecule has 4 rings (SSSR count). The number of benzene rings is 1. The van der Waals surface area contributed by atoms with E-state index in [1.165, 1.54) is 11.1 Å². The summed E-state index contributed by atoms with van der Waals surface area (Å²) in [5.41, 5.74) is 5.17. The van der Waals surface area contributed by atoms with Gasteiger partial charge in [-0.05, 0) is 36.6 Å². The number of hydrogen-bond acceptors (Lipinski definition) is 5. The van der Waals surface area contributed by atoms with Crippen LogP contribution in [-0.2, 0) is 12.5 Å². The number of anilines is 2. The average Bonchev–Trinajstić information content (AvgIpc) is 3.35. The Hall–Kier alpha value is -3.22. The quantitative estimate of drug-likeness (QED) is 0.691. The van der Waals surface area contributed by atoms with E-state index in [0.29, 0.717) is 17.3 Å².